The smallest absolute Gasteiger partial charge is 0.219 e. The molecule has 0 aromatic heterocycles. The summed E-state index contributed by atoms with van der Waals surface area (Å²) in [6.45, 7) is 7.58. The van der Waals surface area contributed by atoms with Crippen LogP contribution in [-0.4, -0.2) is 12.5 Å². The van der Waals surface area contributed by atoms with Crippen molar-refractivity contribution in [3.63, 3.8) is 0 Å². The van der Waals surface area contributed by atoms with Gasteiger partial charge in [-0.15, -0.1) is 0 Å². The van der Waals surface area contributed by atoms with Gasteiger partial charge < -0.3 is 5.32 Å². The second-order valence-corrected chi connectivity index (χ2v) is 5.76. The van der Waals surface area contributed by atoms with Gasteiger partial charge in [-0.05, 0) is 18.8 Å². The lowest BCUT2D eigenvalue weighted by Crippen LogP contribution is -2.23. The molecule has 1 N–H and O–H groups in total. The van der Waals surface area contributed by atoms with Gasteiger partial charge in [0.05, 0.1) is 0 Å². The predicted octanol–water partition coefficient (Wildman–Crippen LogP) is 4.68. The van der Waals surface area contributed by atoms with E-state index in [-0.39, 0.29) is 5.91 Å². The van der Waals surface area contributed by atoms with Crippen LogP contribution in [0.15, 0.2) is 0 Å². The van der Waals surface area contributed by atoms with Gasteiger partial charge in [0.25, 0.3) is 0 Å². The van der Waals surface area contributed by atoms with Crippen molar-refractivity contribution >= 4 is 5.91 Å². The largest absolute Gasteiger partial charge is 0.356 e. The van der Waals surface area contributed by atoms with Gasteiger partial charge in [-0.1, -0.05) is 65.7 Å². The Balaban J connectivity index is 3.17. The van der Waals surface area contributed by atoms with Crippen molar-refractivity contribution in [3.05, 3.63) is 0 Å². The monoisotopic (exact) mass is 255 g/mol. The van der Waals surface area contributed by atoms with E-state index in [1.807, 2.05) is 0 Å². The Hall–Kier alpha value is -0.530. The van der Waals surface area contributed by atoms with E-state index >= 15 is 0 Å². The summed E-state index contributed by atoms with van der Waals surface area (Å²) >= 11 is 0. The predicted molar refractivity (Wildman–Crippen MR) is 79.7 cm³/mol. The zero-order chi connectivity index (χ0) is 13.6. The molecule has 108 valence electrons. The van der Waals surface area contributed by atoms with E-state index in [1.54, 1.807) is 0 Å². The van der Waals surface area contributed by atoms with Crippen molar-refractivity contribution in [2.24, 2.45) is 5.92 Å². The molecule has 0 saturated heterocycles. The highest BCUT2D eigenvalue weighted by molar-refractivity contribution is 5.75. The third kappa shape index (κ3) is 13.5. The number of nitrogens with one attached hydrogen (secondary N) is 1. The standard InChI is InChI=1S/C16H33NO/c1-4-5-6-7-8-11-14-17-16(18)13-10-9-12-15(2)3/h15H,4-14H2,1-3H3,(H,17,18). The van der Waals surface area contributed by atoms with E-state index in [0.29, 0.717) is 6.42 Å². The molecule has 0 fully saturated rings. The quantitative estimate of drug-likeness (QED) is 0.504. The SMILES string of the molecule is CCCCCCCCNC(=O)CCCCC(C)C. The minimum absolute atomic E-state index is 0.243. The van der Waals surface area contributed by atoms with Crippen LogP contribution in [0.1, 0.15) is 85.0 Å². The van der Waals surface area contributed by atoms with Crippen molar-refractivity contribution in [1.82, 2.24) is 5.32 Å². The average Bonchev–Trinajstić information content (AvgIpc) is 2.33. The third-order valence-electron chi connectivity index (χ3n) is 3.29. The first-order chi connectivity index (χ1) is 8.66. The van der Waals surface area contributed by atoms with Crippen LogP contribution in [0.4, 0.5) is 0 Å². The number of hydrogen-bond donors (Lipinski definition) is 1. The van der Waals surface area contributed by atoms with E-state index < -0.39 is 0 Å². The van der Waals surface area contributed by atoms with Crippen molar-refractivity contribution in [1.29, 1.82) is 0 Å². The van der Waals surface area contributed by atoms with Gasteiger partial charge in [0.15, 0.2) is 0 Å². The summed E-state index contributed by atoms with van der Waals surface area (Å²) in [6, 6.07) is 0. The second-order valence-electron chi connectivity index (χ2n) is 5.76. The van der Waals surface area contributed by atoms with Gasteiger partial charge in [-0.2, -0.15) is 0 Å². The van der Waals surface area contributed by atoms with Crippen LogP contribution in [-0.2, 0) is 4.79 Å². The molecule has 0 atom stereocenters. The van der Waals surface area contributed by atoms with E-state index in [1.165, 1.54) is 44.9 Å². The maximum Gasteiger partial charge on any atom is 0.219 e. The molecule has 18 heavy (non-hydrogen) atoms. The summed E-state index contributed by atoms with van der Waals surface area (Å²) < 4.78 is 0. The summed E-state index contributed by atoms with van der Waals surface area (Å²) in [5.74, 6) is 1.00. The highest BCUT2D eigenvalue weighted by Gasteiger charge is 2.01. The lowest BCUT2D eigenvalue weighted by atomic mass is 10.1. The maximum atomic E-state index is 11.5. The number of unbranched alkanes of at least 4 members (excludes halogenated alkanes) is 6. The minimum Gasteiger partial charge on any atom is -0.356 e. The van der Waals surface area contributed by atoms with Gasteiger partial charge >= 0.3 is 0 Å². The normalized spacial score (nSPS) is 10.9. The molecular formula is C16H33NO. The zero-order valence-electron chi connectivity index (χ0n) is 12.8. The number of rotatable bonds is 12. The lowest BCUT2D eigenvalue weighted by Gasteiger charge is -2.06. The van der Waals surface area contributed by atoms with E-state index in [9.17, 15) is 4.79 Å². The van der Waals surface area contributed by atoms with E-state index in [4.69, 9.17) is 0 Å². The van der Waals surface area contributed by atoms with Gasteiger partial charge in [0.1, 0.15) is 0 Å². The number of carbonyl (C=O) groups is 1. The summed E-state index contributed by atoms with van der Waals surface area (Å²) in [5.41, 5.74) is 0. The third-order valence-corrected chi connectivity index (χ3v) is 3.29. The molecule has 1 amide bonds. The van der Waals surface area contributed by atoms with E-state index in [0.717, 1.165) is 25.3 Å². The molecule has 0 aliphatic heterocycles. The maximum absolute atomic E-state index is 11.5. The summed E-state index contributed by atoms with van der Waals surface area (Å²) in [7, 11) is 0. The summed E-state index contributed by atoms with van der Waals surface area (Å²) in [4.78, 5) is 11.5. The van der Waals surface area contributed by atoms with Crippen LogP contribution < -0.4 is 5.32 Å². The van der Waals surface area contributed by atoms with Crippen LogP contribution in [0, 0.1) is 5.92 Å². The Kier molecular flexibility index (Phi) is 12.5. The summed E-state index contributed by atoms with van der Waals surface area (Å²) in [5, 5.41) is 3.02. The van der Waals surface area contributed by atoms with Crippen LogP contribution in [0.5, 0.6) is 0 Å². The van der Waals surface area contributed by atoms with Gasteiger partial charge in [0.2, 0.25) is 5.91 Å². The second kappa shape index (κ2) is 12.9. The number of hydrogen-bond acceptors (Lipinski definition) is 1. The minimum atomic E-state index is 0.243. The fourth-order valence-corrected chi connectivity index (χ4v) is 2.06. The molecule has 0 saturated carbocycles. The highest BCUT2D eigenvalue weighted by atomic mass is 16.1. The average molecular weight is 255 g/mol. The zero-order valence-corrected chi connectivity index (χ0v) is 12.8. The molecule has 0 bridgehead atoms. The topological polar surface area (TPSA) is 29.1 Å². The molecule has 0 aliphatic carbocycles. The van der Waals surface area contributed by atoms with Crippen LogP contribution in [0.25, 0.3) is 0 Å². The van der Waals surface area contributed by atoms with Gasteiger partial charge in [-0.3, -0.25) is 4.79 Å². The lowest BCUT2D eigenvalue weighted by molar-refractivity contribution is -0.121. The van der Waals surface area contributed by atoms with Crippen LogP contribution >= 0.6 is 0 Å². The van der Waals surface area contributed by atoms with Gasteiger partial charge in [0, 0.05) is 13.0 Å². The Labute approximate surface area is 114 Å². The highest BCUT2D eigenvalue weighted by Crippen LogP contribution is 2.08. The van der Waals surface area contributed by atoms with Crippen molar-refractivity contribution in [3.8, 4) is 0 Å². The molecule has 0 unspecified atom stereocenters. The van der Waals surface area contributed by atoms with Crippen LogP contribution in [0.3, 0.4) is 0 Å². The number of carbonyl (C=O) groups excluding carboxylic acids is 1. The molecule has 0 radical (unpaired) electrons. The molecule has 2 nitrogen and oxygen atoms in total. The van der Waals surface area contributed by atoms with Crippen molar-refractivity contribution in [2.45, 2.75) is 85.0 Å². The Morgan fingerprint density at radius 2 is 1.61 bits per heavy atom. The van der Waals surface area contributed by atoms with Crippen LogP contribution in [0.2, 0.25) is 0 Å². The molecule has 0 rings (SSSR count). The molecular weight excluding hydrogens is 222 g/mol. The first kappa shape index (κ1) is 17.5. The first-order valence-corrected chi connectivity index (χ1v) is 7.93. The molecule has 0 aromatic carbocycles. The summed E-state index contributed by atoms with van der Waals surface area (Å²) in [6.07, 6.45) is 11.9. The molecule has 0 heterocycles. The van der Waals surface area contributed by atoms with E-state index in [2.05, 4.69) is 26.1 Å². The molecule has 0 aromatic rings. The fourth-order valence-electron chi connectivity index (χ4n) is 2.06. The first-order valence-electron chi connectivity index (χ1n) is 7.93. The van der Waals surface area contributed by atoms with Gasteiger partial charge in [-0.25, -0.2) is 0 Å². The molecule has 0 spiro atoms. The Bertz CT molecular complexity index is 190. The Morgan fingerprint density at radius 3 is 2.28 bits per heavy atom. The van der Waals surface area contributed by atoms with Crippen molar-refractivity contribution < 1.29 is 4.79 Å². The molecule has 2 heteroatoms. The molecule has 0 aliphatic rings. The van der Waals surface area contributed by atoms with Crippen molar-refractivity contribution in [2.75, 3.05) is 6.54 Å². The Morgan fingerprint density at radius 1 is 0.944 bits per heavy atom. The fraction of sp³-hybridized carbons (Fsp3) is 0.938. The number of amides is 1.